The van der Waals surface area contributed by atoms with Crippen LogP contribution in [0.2, 0.25) is 0 Å². The van der Waals surface area contributed by atoms with Gasteiger partial charge in [-0.2, -0.15) is 0 Å². The molecule has 0 aliphatic heterocycles. The van der Waals surface area contributed by atoms with Crippen LogP contribution >= 0.6 is 0 Å². The number of nitrogen functional groups attached to an aromatic ring is 1. The number of hydrogen-bond donors (Lipinski definition) is 2. The Kier molecular flexibility index (Phi) is 5.11. The highest BCUT2D eigenvalue weighted by molar-refractivity contribution is 5.95. The van der Waals surface area contributed by atoms with Crippen LogP contribution < -0.4 is 10.6 Å². The molecule has 19 heavy (non-hydrogen) atoms. The number of carboxylic acid groups (broad SMARTS) is 1. The number of anilines is 2. The van der Waals surface area contributed by atoms with Crippen molar-refractivity contribution in [2.24, 2.45) is 0 Å². The second kappa shape index (κ2) is 6.38. The molecule has 0 atom stereocenters. The normalized spacial score (nSPS) is 10.8. The van der Waals surface area contributed by atoms with E-state index in [1.165, 1.54) is 6.07 Å². The van der Waals surface area contributed by atoms with Crippen molar-refractivity contribution in [2.75, 3.05) is 44.9 Å². The molecule has 6 heteroatoms. The van der Waals surface area contributed by atoms with Gasteiger partial charge in [0, 0.05) is 19.3 Å². The monoisotopic (exact) mass is 269 g/mol. The fourth-order valence-electron chi connectivity index (χ4n) is 1.80. The molecular weight excluding hydrogens is 249 g/mol. The summed E-state index contributed by atoms with van der Waals surface area (Å²) in [6, 6.07) is 2.34. The molecule has 0 aliphatic rings. The van der Waals surface area contributed by atoms with E-state index in [4.69, 9.17) is 10.8 Å². The third kappa shape index (κ3) is 4.10. The number of rotatable bonds is 6. The Morgan fingerprint density at radius 1 is 1.32 bits per heavy atom. The molecule has 0 radical (unpaired) electrons. The van der Waals surface area contributed by atoms with E-state index < -0.39 is 11.8 Å². The lowest BCUT2D eigenvalue weighted by molar-refractivity contribution is 0.0698. The zero-order valence-corrected chi connectivity index (χ0v) is 11.5. The van der Waals surface area contributed by atoms with Crippen molar-refractivity contribution in [3.63, 3.8) is 0 Å². The molecule has 0 saturated heterocycles. The topological polar surface area (TPSA) is 69.8 Å². The summed E-state index contributed by atoms with van der Waals surface area (Å²) in [5.74, 6) is -1.66. The summed E-state index contributed by atoms with van der Waals surface area (Å²) in [5, 5.41) is 8.98. The van der Waals surface area contributed by atoms with Crippen LogP contribution in [0.4, 0.5) is 15.8 Å². The third-order valence-corrected chi connectivity index (χ3v) is 2.86. The number of aromatic carboxylic acids is 1. The molecule has 1 aromatic carbocycles. The molecular formula is C13H20FN3O2. The van der Waals surface area contributed by atoms with Gasteiger partial charge in [0.1, 0.15) is 5.82 Å². The van der Waals surface area contributed by atoms with E-state index in [1.807, 2.05) is 19.0 Å². The second-order valence-electron chi connectivity index (χ2n) is 4.77. The zero-order valence-electron chi connectivity index (χ0n) is 11.5. The maximum Gasteiger partial charge on any atom is 0.337 e. The second-order valence-corrected chi connectivity index (χ2v) is 4.77. The summed E-state index contributed by atoms with van der Waals surface area (Å²) >= 11 is 0. The fraction of sp³-hybridized carbons (Fsp3) is 0.462. The lowest BCUT2D eigenvalue weighted by atomic mass is 10.1. The smallest absolute Gasteiger partial charge is 0.337 e. The van der Waals surface area contributed by atoms with Crippen molar-refractivity contribution in [3.05, 3.63) is 23.5 Å². The summed E-state index contributed by atoms with van der Waals surface area (Å²) in [6.45, 7) is 1.52. The van der Waals surface area contributed by atoms with Gasteiger partial charge >= 0.3 is 5.97 Å². The van der Waals surface area contributed by atoms with Crippen molar-refractivity contribution in [1.29, 1.82) is 0 Å². The standard InChI is InChI=1S/C13H20FN3O2/c1-16(2)5-4-6-17(3)12-7-9(13(18)19)11(15)8-10(12)14/h7-8H,4-6,15H2,1-3H3,(H,18,19). The molecule has 0 amide bonds. The first-order valence-electron chi connectivity index (χ1n) is 6.01. The van der Waals surface area contributed by atoms with Crippen LogP contribution in [-0.4, -0.2) is 50.2 Å². The van der Waals surface area contributed by atoms with Gasteiger partial charge < -0.3 is 20.6 Å². The predicted octanol–water partition coefficient (Wildman–Crippen LogP) is 1.49. The molecule has 0 saturated carbocycles. The fourth-order valence-corrected chi connectivity index (χ4v) is 1.80. The van der Waals surface area contributed by atoms with Gasteiger partial charge in [0.25, 0.3) is 0 Å². The Labute approximate surface area is 112 Å². The first-order chi connectivity index (χ1) is 8.82. The maximum absolute atomic E-state index is 13.8. The van der Waals surface area contributed by atoms with Gasteiger partial charge in [-0.15, -0.1) is 0 Å². The molecule has 5 nitrogen and oxygen atoms in total. The van der Waals surface area contributed by atoms with Crippen LogP contribution in [0.15, 0.2) is 12.1 Å². The quantitative estimate of drug-likeness (QED) is 0.766. The number of nitrogens with zero attached hydrogens (tertiary/aromatic N) is 2. The Balaban J connectivity index is 2.87. The van der Waals surface area contributed by atoms with Crippen LogP contribution in [0.3, 0.4) is 0 Å². The van der Waals surface area contributed by atoms with Crippen molar-refractivity contribution in [3.8, 4) is 0 Å². The van der Waals surface area contributed by atoms with E-state index in [9.17, 15) is 9.18 Å². The minimum atomic E-state index is -1.15. The molecule has 1 rings (SSSR count). The van der Waals surface area contributed by atoms with Crippen LogP contribution in [-0.2, 0) is 0 Å². The van der Waals surface area contributed by atoms with Gasteiger partial charge in [-0.3, -0.25) is 0 Å². The van der Waals surface area contributed by atoms with E-state index >= 15 is 0 Å². The summed E-state index contributed by atoms with van der Waals surface area (Å²) in [4.78, 5) is 14.7. The molecule has 0 aliphatic carbocycles. The maximum atomic E-state index is 13.8. The van der Waals surface area contributed by atoms with Crippen molar-refractivity contribution in [2.45, 2.75) is 6.42 Å². The first-order valence-corrected chi connectivity index (χ1v) is 6.01. The lowest BCUT2D eigenvalue weighted by Crippen LogP contribution is -2.24. The summed E-state index contributed by atoms with van der Waals surface area (Å²) in [7, 11) is 5.66. The molecule has 0 spiro atoms. The van der Waals surface area contributed by atoms with Gasteiger partial charge in [-0.05, 0) is 39.2 Å². The highest BCUT2D eigenvalue weighted by atomic mass is 19.1. The van der Waals surface area contributed by atoms with E-state index in [0.717, 1.165) is 19.0 Å². The number of benzene rings is 1. The summed E-state index contributed by atoms with van der Waals surface area (Å²) < 4.78 is 13.8. The number of carbonyl (C=O) groups is 1. The Morgan fingerprint density at radius 2 is 1.95 bits per heavy atom. The Hall–Kier alpha value is -1.82. The van der Waals surface area contributed by atoms with E-state index in [0.29, 0.717) is 6.54 Å². The average Bonchev–Trinajstić information content (AvgIpc) is 2.27. The van der Waals surface area contributed by atoms with Gasteiger partial charge in [0.2, 0.25) is 0 Å². The number of nitrogens with two attached hydrogens (primary N) is 1. The molecule has 106 valence electrons. The molecule has 0 aromatic heterocycles. The molecule has 0 heterocycles. The highest BCUT2D eigenvalue weighted by Crippen LogP contribution is 2.25. The largest absolute Gasteiger partial charge is 0.478 e. The van der Waals surface area contributed by atoms with Gasteiger partial charge in [0.05, 0.1) is 11.3 Å². The number of hydrogen-bond acceptors (Lipinski definition) is 4. The third-order valence-electron chi connectivity index (χ3n) is 2.86. The van der Waals surface area contributed by atoms with Crippen LogP contribution in [0.5, 0.6) is 0 Å². The van der Waals surface area contributed by atoms with E-state index in [1.54, 1.807) is 11.9 Å². The van der Waals surface area contributed by atoms with E-state index in [-0.39, 0.29) is 16.9 Å². The van der Waals surface area contributed by atoms with Gasteiger partial charge in [0.15, 0.2) is 0 Å². The molecule has 0 fully saturated rings. The summed E-state index contributed by atoms with van der Waals surface area (Å²) in [6.07, 6.45) is 0.857. The highest BCUT2D eigenvalue weighted by Gasteiger charge is 2.15. The molecule has 1 aromatic rings. The molecule has 3 N–H and O–H groups in total. The van der Waals surface area contributed by atoms with Gasteiger partial charge in [-0.25, -0.2) is 9.18 Å². The SMILES string of the molecule is CN(C)CCCN(C)c1cc(C(=O)O)c(N)cc1F. The minimum absolute atomic E-state index is 0.0598. The van der Waals surface area contributed by atoms with Crippen LogP contribution in [0, 0.1) is 5.82 Å². The zero-order chi connectivity index (χ0) is 14.6. The van der Waals surface area contributed by atoms with Crippen molar-refractivity contribution < 1.29 is 14.3 Å². The van der Waals surface area contributed by atoms with Crippen LogP contribution in [0.1, 0.15) is 16.8 Å². The predicted molar refractivity (Wildman–Crippen MR) is 74.2 cm³/mol. The Morgan fingerprint density at radius 3 is 2.47 bits per heavy atom. The number of carboxylic acids is 1. The Bertz CT molecular complexity index is 463. The van der Waals surface area contributed by atoms with Crippen LogP contribution in [0.25, 0.3) is 0 Å². The number of halogens is 1. The molecule has 0 unspecified atom stereocenters. The average molecular weight is 269 g/mol. The van der Waals surface area contributed by atoms with E-state index in [2.05, 4.69) is 0 Å². The minimum Gasteiger partial charge on any atom is -0.478 e. The van der Waals surface area contributed by atoms with Crippen molar-refractivity contribution in [1.82, 2.24) is 4.90 Å². The summed E-state index contributed by atoms with van der Waals surface area (Å²) in [5.41, 5.74) is 5.61. The van der Waals surface area contributed by atoms with Gasteiger partial charge in [-0.1, -0.05) is 0 Å². The molecule has 0 bridgehead atoms. The lowest BCUT2D eigenvalue weighted by Gasteiger charge is -2.21. The first kappa shape index (κ1) is 15.2. The van der Waals surface area contributed by atoms with Crippen molar-refractivity contribution >= 4 is 17.3 Å².